The first-order valence-corrected chi connectivity index (χ1v) is 22.3. The van der Waals surface area contributed by atoms with Crippen LogP contribution < -0.4 is 23.7 Å². The van der Waals surface area contributed by atoms with Crippen LogP contribution in [0.1, 0.15) is 107 Å². The van der Waals surface area contributed by atoms with Gasteiger partial charge < -0.3 is 28.8 Å². The summed E-state index contributed by atoms with van der Waals surface area (Å²) in [4.78, 5) is 0. The number of hydrogen-bond acceptors (Lipinski definition) is 6. The maximum Gasteiger partial charge on any atom is 0.178 e. The number of rotatable bonds is 12. The first kappa shape index (κ1) is 41.6. The fourth-order valence-electron chi connectivity index (χ4n) is 11.6. The van der Waals surface area contributed by atoms with Crippen molar-refractivity contribution in [3.8, 4) is 51.0 Å². The van der Waals surface area contributed by atoms with Crippen LogP contribution in [0.3, 0.4) is 0 Å². The topological polar surface area (TPSA) is 66.4 Å². The van der Waals surface area contributed by atoms with Crippen LogP contribution in [0.15, 0.2) is 109 Å². The molecule has 0 aromatic heterocycles. The van der Waals surface area contributed by atoms with E-state index >= 15 is 0 Å². The second kappa shape index (κ2) is 15.9. The molecule has 320 valence electrons. The number of fused-ring (bicyclic) bond motifs is 10. The summed E-state index contributed by atoms with van der Waals surface area (Å²) < 4.78 is 32.3. The smallest absolute Gasteiger partial charge is 0.178 e. The molecule has 0 amide bonds. The van der Waals surface area contributed by atoms with E-state index < -0.39 is 5.60 Å². The van der Waals surface area contributed by atoms with E-state index in [1.165, 1.54) is 22.3 Å². The molecular weight excluding hydrogens is 769 g/mol. The molecule has 0 radical (unpaired) electrons. The Morgan fingerprint density at radius 3 is 1.81 bits per heavy atom. The molecule has 1 fully saturated rings. The zero-order chi connectivity index (χ0) is 43.4. The Bertz CT molecular complexity index is 2600. The molecule has 6 heteroatoms. The number of aliphatic hydroxyl groups excluding tert-OH is 1. The number of aliphatic hydroxyl groups is 1. The molecule has 0 atom stereocenters. The fourth-order valence-corrected chi connectivity index (χ4v) is 11.6. The molecule has 1 aliphatic heterocycles. The van der Waals surface area contributed by atoms with Crippen LogP contribution in [0.2, 0.25) is 0 Å². The van der Waals surface area contributed by atoms with E-state index in [0.29, 0.717) is 24.7 Å². The molecular formula is C56H60O6. The van der Waals surface area contributed by atoms with Gasteiger partial charge in [0, 0.05) is 38.6 Å². The third-order valence-electron chi connectivity index (χ3n) is 13.3. The highest BCUT2D eigenvalue weighted by Crippen LogP contribution is 2.67. The Hall–Kier alpha value is -5.72. The van der Waals surface area contributed by atoms with Gasteiger partial charge >= 0.3 is 0 Å². The lowest BCUT2D eigenvalue weighted by atomic mass is 9.52. The van der Waals surface area contributed by atoms with Crippen molar-refractivity contribution in [2.75, 3.05) is 27.4 Å². The SMILES string of the molecule is CCCOc1ccc(C2(c3ccc(OCCC)cc3)C=Cc3c4c(c5cc(-c6ccc(CO)cc6OC)c(OC)cc5c3O2)-c2ccccc2C42CC(C)(C)CC(C)(C)C2)cc1. The summed E-state index contributed by atoms with van der Waals surface area (Å²) in [5, 5.41) is 12.1. The van der Waals surface area contributed by atoms with Crippen molar-refractivity contribution < 1.29 is 28.8 Å². The minimum absolute atomic E-state index is 0.0771. The van der Waals surface area contributed by atoms with Gasteiger partial charge in [-0.25, -0.2) is 0 Å². The molecule has 0 saturated heterocycles. The molecule has 1 spiro atoms. The number of hydrogen-bond donors (Lipinski definition) is 1. The molecule has 1 saturated carbocycles. The molecule has 62 heavy (non-hydrogen) atoms. The molecule has 1 heterocycles. The lowest BCUT2D eigenvalue weighted by Crippen LogP contribution is -2.44. The van der Waals surface area contributed by atoms with Gasteiger partial charge in [-0.3, -0.25) is 0 Å². The van der Waals surface area contributed by atoms with Crippen LogP contribution in [-0.2, 0) is 17.6 Å². The van der Waals surface area contributed by atoms with E-state index in [2.05, 4.69) is 139 Å². The lowest BCUT2D eigenvalue weighted by Gasteiger charge is -2.52. The second-order valence-electron chi connectivity index (χ2n) is 19.2. The zero-order valence-corrected chi connectivity index (χ0v) is 37.6. The largest absolute Gasteiger partial charge is 0.496 e. The Balaban J connectivity index is 1.37. The van der Waals surface area contributed by atoms with Crippen LogP contribution in [0.4, 0.5) is 0 Å². The van der Waals surface area contributed by atoms with Crippen LogP contribution >= 0.6 is 0 Å². The summed E-state index contributed by atoms with van der Waals surface area (Å²) >= 11 is 0. The summed E-state index contributed by atoms with van der Waals surface area (Å²) in [6, 6.07) is 36.3. The average Bonchev–Trinajstić information content (AvgIpc) is 3.54. The van der Waals surface area contributed by atoms with E-state index in [9.17, 15) is 5.11 Å². The summed E-state index contributed by atoms with van der Waals surface area (Å²) in [7, 11) is 3.41. The summed E-state index contributed by atoms with van der Waals surface area (Å²) in [5.74, 6) is 3.88. The molecule has 9 rings (SSSR count). The van der Waals surface area contributed by atoms with Gasteiger partial charge in [0.1, 0.15) is 28.7 Å². The van der Waals surface area contributed by atoms with E-state index in [1.54, 1.807) is 14.2 Å². The average molecular weight is 829 g/mol. The lowest BCUT2D eigenvalue weighted by molar-refractivity contribution is 0.0642. The molecule has 0 bridgehead atoms. The van der Waals surface area contributed by atoms with Gasteiger partial charge in [-0.2, -0.15) is 0 Å². The number of ether oxygens (including phenoxy) is 5. The first-order chi connectivity index (χ1) is 29.9. The van der Waals surface area contributed by atoms with E-state index in [4.69, 9.17) is 23.7 Å². The predicted molar refractivity (Wildman–Crippen MR) is 251 cm³/mol. The molecule has 6 aromatic rings. The summed E-state index contributed by atoms with van der Waals surface area (Å²) in [5.41, 5.74) is 9.88. The number of benzene rings is 6. The van der Waals surface area contributed by atoms with Crippen molar-refractivity contribution in [3.05, 3.63) is 143 Å². The van der Waals surface area contributed by atoms with Gasteiger partial charge in [0.05, 0.1) is 34.0 Å². The second-order valence-corrected chi connectivity index (χ2v) is 19.2. The molecule has 3 aliphatic rings. The molecule has 6 aromatic carbocycles. The highest BCUT2D eigenvalue weighted by molar-refractivity contribution is 6.11. The zero-order valence-electron chi connectivity index (χ0n) is 37.6. The minimum atomic E-state index is -0.986. The van der Waals surface area contributed by atoms with Crippen molar-refractivity contribution in [1.29, 1.82) is 0 Å². The van der Waals surface area contributed by atoms with Gasteiger partial charge in [0.25, 0.3) is 0 Å². The van der Waals surface area contributed by atoms with Crippen molar-refractivity contribution in [1.82, 2.24) is 0 Å². The van der Waals surface area contributed by atoms with Crippen molar-refractivity contribution >= 4 is 16.8 Å². The highest BCUT2D eigenvalue weighted by atomic mass is 16.5. The van der Waals surface area contributed by atoms with E-state index in [1.807, 2.05) is 18.2 Å². The van der Waals surface area contributed by atoms with Gasteiger partial charge in [-0.05, 0) is 125 Å². The highest BCUT2D eigenvalue weighted by Gasteiger charge is 2.55. The Labute approximate surface area is 367 Å². The van der Waals surface area contributed by atoms with Crippen molar-refractivity contribution in [2.45, 2.75) is 91.3 Å². The summed E-state index contributed by atoms with van der Waals surface area (Å²) in [6.45, 7) is 15.3. The molecule has 6 nitrogen and oxygen atoms in total. The van der Waals surface area contributed by atoms with Gasteiger partial charge in [0.2, 0.25) is 0 Å². The Morgan fingerprint density at radius 2 is 1.23 bits per heavy atom. The first-order valence-electron chi connectivity index (χ1n) is 22.3. The van der Waals surface area contributed by atoms with E-state index in [0.717, 1.165) is 93.5 Å². The third-order valence-corrected chi connectivity index (χ3v) is 13.3. The quantitative estimate of drug-likeness (QED) is 0.133. The number of methoxy groups -OCH3 is 2. The van der Waals surface area contributed by atoms with Crippen LogP contribution in [0, 0.1) is 10.8 Å². The third kappa shape index (κ3) is 6.91. The Morgan fingerprint density at radius 1 is 0.629 bits per heavy atom. The fraction of sp³-hybridized carbons (Fsp3) is 0.357. The van der Waals surface area contributed by atoms with Gasteiger partial charge in [0.15, 0.2) is 5.60 Å². The van der Waals surface area contributed by atoms with Crippen LogP contribution in [0.5, 0.6) is 28.7 Å². The molecule has 1 N–H and O–H groups in total. The Kier molecular flexibility index (Phi) is 10.7. The maximum atomic E-state index is 10.1. The molecule has 2 aliphatic carbocycles. The van der Waals surface area contributed by atoms with Crippen molar-refractivity contribution in [2.24, 2.45) is 10.8 Å². The maximum absolute atomic E-state index is 10.1. The van der Waals surface area contributed by atoms with Crippen molar-refractivity contribution in [3.63, 3.8) is 0 Å². The summed E-state index contributed by atoms with van der Waals surface area (Å²) in [6.07, 6.45) is 9.68. The monoisotopic (exact) mass is 828 g/mol. The van der Waals surface area contributed by atoms with Crippen LogP contribution in [0.25, 0.3) is 39.1 Å². The van der Waals surface area contributed by atoms with E-state index in [-0.39, 0.29) is 22.9 Å². The standard InChI is InChI=1S/C56H60O6/c1-9-27-60-39-20-16-37(17-21-39)56(38-18-22-40(23-19-38)61-28-10-2)26-25-43-51-50(42-13-11-12-14-47(42)55(51)34-53(3,4)33-54(5,6)35-55)45-30-44(49(59-8)31-46(45)52(43)62-56)41-24-15-36(32-57)29-48(41)58-7/h11-26,29-31,57H,9-10,27-28,32-35H2,1-8H3. The normalized spacial score (nSPS) is 17.2. The van der Waals surface area contributed by atoms with Crippen LogP contribution in [-0.4, -0.2) is 32.5 Å². The minimum Gasteiger partial charge on any atom is -0.496 e. The molecule has 0 unspecified atom stereocenters. The van der Waals surface area contributed by atoms with Gasteiger partial charge in [-0.1, -0.05) is 108 Å². The predicted octanol–water partition coefficient (Wildman–Crippen LogP) is 13.4. The van der Waals surface area contributed by atoms with Gasteiger partial charge in [-0.15, -0.1) is 0 Å².